The average Bonchev–Trinajstić information content (AvgIpc) is 2.80. The van der Waals surface area contributed by atoms with Crippen LogP contribution in [0.4, 0.5) is 0 Å². The summed E-state index contributed by atoms with van der Waals surface area (Å²) in [5.41, 5.74) is 0.822. The van der Waals surface area contributed by atoms with Crippen molar-refractivity contribution in [1.29, 1.82) is 0 Å². The summed E-state index contributed by atoms with van der Waals surface area (Å²) in [4.78, 5) is 25.6. The molecule has 2 rings (SSSR count). The zero-order valence-corrected chi connectivity index (χ0v) is 13.2. The molecule has 1 heterocycles. The molecular formula is C16H21ClN2O2. The first-order chi connectivity index (χ1) is 9.97. The van der Waals surface area contributed by atoms with Gasteiger partial charge >= 0.3 is 0 Å². The number of carbonyl (C=O) groups is 2. The molecule has 1 atom stereocenters. The van der Waals surface area contributed by atoms with Crippen LogP contribution in [0.25, 0.3) is 0 Å². The van der Waals surface area contributed by atoms with E-state index in [1.165, 1.54) is 0 Å². The Bertz CT molecular complexity index is 531. The Morgan fingerprint density at radius 1 is 1.43 bits per heavy atom. The van der Waals surface area contributed by atoms with Gasteiger partial charge in [-0.15, -0.1) is 0 Å². The van der Waals surface area contributed by atoms with Gasteiger partial charge in [0.15, 0.2) is 0 Å². The van der Waals surface area contributed by atoms with Crippen molar-refractivity contribution in [3.05, 3.63) is 34.9 Å². The molecule has 114 valence electrons. The van der Waals surface area contributed by atoms with Gasteiger partial charge in [0.2, 0.25) is 11.8 Å². The molecule has 1 aromatic rings. The van der Waals surface area contributed by atoms with Gasteiger partial charge in [-0.3, -0.25) is 9.59 Å². The fourth-order valence-corrected chi connectivity index (χ4v) is 2.78. The van der Waals surface area contributed by atoms with Crippen LogP contribution in [0.15, 0.2) is 24.3 Å². The van der Waals surface area contributed by atoms with Crippen LogP contribution in [0.5, 0.6) is 0 Å². The first-order valence-corrected chi connectivity index (χ1v) is 7.64. The second-order valence-electron chi connectivity index (χ2n) is 5.78. The van der Waals surface area contributed by atoms with Crippen molar-refractivity contribution in [3.8, 4) is 0 Å². The number of likely N-dealkylation sites (tertiary alicyclic amines) is 1. The van der Waals surface area contributed by atoms with Crippen molar-refractivity contribution in [3.63, 3.8) is 0 Å². The second kappa shape index (κ2) is 6.94. The van der Waals surface area contributed by atoms with Crippen LogP contribution < -0.4 is 5.32 Å². The van der Waals surface area contributed by atoms with Gasteiger partial charge in [0, 0.05) is 36.5 Å². The highest BCUT2D eigenvalue weighted by atomic mass is 35.5. The number of hydrogen-bond acceptors (Lipinski definition) is 2. The van der Waals surface area contributed by atoms with Crippen LogP contribution in [-0.2, 0) is 16.0 Å². The van der Waals surface area contributed by atoms with E-state index in [2.05, 4.69) is 5.32 Å². The Kier molecular flexibility index (Phi) is 5.23. The fourth-order valence-electron chi connectivity index (χ4n) is 2.58. The van der Waals surface area contributed by atoms with Gasteiger partial charge in [0.05, 0.1) is 6.42 Å². The lowest BCUT2D eigenvalue weighted by atomic mass is 10.1. The Balaban J connectivity index is 1.80. The predicted octanol–water partition coefficient (Wildman–Crippen LogP) is 2.26. The van der Waals surface area contributed by atoms with Gasteiger partial charge in [-0.2, -0.15) is 0 Å². The lowest BCUT2D eigenvalue weighted by Crippen LogP contribution is -2.34. The summed E-state index contributed by atoms with van der Waals surface area (Å²) in [6.45, 7) is 5.29. The molecule has 0 spiro atoms. The van der Waals surface area contributed by atoms with Gasteiger partial charge in [0.1, 0.15) is 0 Å². The number of carbonyl (C=O) groups excluding carboxylic acids is 2. The third-order valence-corrected chi connectivity index (χ3v) is 4.13. The van der Waals surface area contributed by atoms with E-state index in [1.54, 1.807) is 6.07 Å². The van der Waals surface area contributed by atoms with Crippen molar-refractivity contribution in [2.24, 2.45) is 5.92 Å². The van der Waals surface area contributed by atoms with E-state index in [0.29, 0.717) is 18.0 Å². The van der Waals surface area contributed by atoms with Crippen LogP contribution in [0.2, 0.25) is 5.02 Å². The topological polar surface area (TPSA) is 49.4 Å². The molecule has 1 fully saturated rings. The minimum absolute atomic E-state index is 0.0569. The van der Waals surface area contributed by atoms with Crippen molar-refractivity contribution < 1.29 is 9.59 Å². The lowest BCUT2D eigenvalue weighted by molar-refractivity contribution is -0.129. The zero-order valence-electron chi connectivity index (χ0n) is 12.4. The first kappa shape index (κ1) is 15.8. The second-order valence-corrected chi connectivity index (χ2v) is 6.19. The predicted molar refractivity (Wildman–Crippen MR) is 83.1 cm³/mol. The normalized spacial score (nSPS) is 18.4. The highest BCUT2D eigenvalue weighted by Gasteiger charge is 2.31. The number of hydrogen-bond donors (Lipinski definition) is 1. The standard InChI is InChI=1S/C16H21ClN2O2/c1-11(2)19-10-12(7-16(19)21)9-18-15(20)8-13-5-3-4-6-14(13)17/h3-6,11-12H,7-10H2,1-2H3,(H,18,20). The number of amides is 2. The van der Waals surface area contributed by atoms with Crippen LogP contribution in [-0.4, -0.2) is 35.8 Å². The molecule has 0 bridgehead atoms. The molecule has 1 aliphatic heterocycles. The van der Waals surface area contributed by atoms with E-state index < -0.39 is 0 Å². The maximum Gasteiger partial charge on any atom is 0.224 e. The summed E-state index contributed by atoms with van der Waals surface area (Å²) in [6.07, 6.45) is 0.790. The minimum Gasteiger partial charge on any atom is -0.355 e. The number of rotatable bonds is 5. The van der Waals surface area contributed by atoms with Crippen molar-refractivity contribution in [2.75, 3.05) is 13.1 Å². The van der Waals surface area contributed by atoms with Crippen LogP contribution in [0.1, 0.15) is 25.8 Å². The number of nitrogens with one attached hydrogen (secondary N) is 1. The number of nitrogens with zero attached hydrogens (tertiary/aromatic N) is 1. The van der Waals surface area contributed by atoms with Crippen LogP contribution >= 0.6 is 11.6 Å². The molecule has 21 heavy (non-hydrogen) atoms. The van der Waals surface area contributed by atoms with E-state index in [1.807, 2.05) is 36.9 Å². The number of benzene rings is 1. The quantitative estimate of drug-likeness (QED) is 0.907. The summed E-state index contributed by atoms with van der Waals surface area (Å²) in [5.74, 6) is 0.323. The Labute approximate surface area is 130 Å². The third-order valence-electron chi connectivity index (χ3n) is 3.76. The smallest absolute Gasteiger partial charge is 0.224 e. The molecule has 0 aromatic heterocycles. The molecule has 1 aromatic carbocycles. The van der Waals surface area contributed by atoms with Gasteiger partial charge in [-0.05, 0) is 25.5 Å². The molecule has 1 N–H and O–H groups in total. The summed E-state index contributed by atoms with van der Waals surface area (Å²) in [7, 11) is 0. The van der Waals surface area contributed by atoms with Crippen molar-refractivity contribution >= 4 is 23.4 Å². The van der Waals surface area contributed by atoms with Gasteiger partial charge < -0.3 is 10.2 Å². The molecule has 2 amide bonds. The van der Waals surface area contributed by atoms with Crippen molar-refractivity contribution in [1.82, 2.24) is 10.2 Å². The molecule has 0 saturated carbocycles. The SMILES string of the molecule is CC(C)N1CC(CNC(=O)Cc2ccccc2Cl)CC1=O. The van der Waals surface area contributed by atoms with Gasteiger partial charge in [-0.1, -0.05) is 29.8 Å². The molecule has 0 radical (unpaired) electrons. The zero-order chi connectivity index (χ0) is 15.4. The average molecular weight is 309 g/mol. The molecular weight excluding hydrogens is 288 g/mol. The monoisotopic (exact) mass is 308 g/mol. The maximum atomic E-state index is 12.0. The summed E-state index contributed by atoms with van der Waals surface area (Å²) in [5, 5.41) is 3.51. The third kappa shape index (κ3) is 4.21. The Morgan fingerprint density at radius 3 is 2.76 bits per heavy atom. The van der Waals surface area contributed by atoms with Crippen LogP contribution in [0.3, 0.4) is 0 Å². The first-order valence-electron chi connectivity index (χ1n) is 7.27. The summed E-state index contributed by atoms with van der Waals surface area (Å²) in [6, 6.07) is 7.56. The van der Waals surface area contributed by atoms with E-state index >= 15 is 0 Å². The number of halogens is 1. The van der Waals surface area contributed by atoms with Crippen molar-refractivity contribution in [2.45, 2.75) is 32.7 Å². The maximum absolute atomic E-state index is 12.0. The van der Waals surface area contributed by atoms with E-state index in [-0.39, 0.29) is 30.2 Å². The van der Waals surface area contributed by atoms with Gasteiger partial charge in [0.25, 0.3) is 0 Å². The Morgan fingerprint density at radius 2 is 2.14 bits per heavy atom. The minimum atomic E-state index is -0.0569. The largest absolute Gasteiger partial charge is 0.355 e. The van der Waals surface area contributed by atoms with Crippen LogP contribution in [0, 0.1) is 5.92 Å². The summed E-state index contributed by atoms with van der Waals surface area (Å²) < 4.78 is 0. The summed E-state index contributed by atoms with van der Waals surface area (Å²) >= 11 is 6.04. The molecule has 1 unspecified atom stereocenters. The molecule has 1 aliphatic rings. The van der Waals surface area contributed by atoms with Gasteiger partial charge in [-0.25, -0.2) is 0 Å². The fraction of sp³-hybridized carbons (Fsp3) is 0.500. The van der Waals surface area contributed by atoms with E-state index in [4.69, 9.17) is 11.6 Å². The highest BCUT2D eigenvalue weighted by molar-refractivity contribution is 6.31. The Hall–Kier alpha value is -1.55. The van der Waals surface area contributed by atoms with E-state index in [0.717, 1.165) is 12.1 Å². The molecule has 5 heteroatoms. The molecule has 1 saturated heterocycles. The highest BCUT2D eigenvalue weighted by Crippen LogP contribution is 2.19. The molecule has 4 nitrogen and oxygen atoms in total. The van der Waals surface area contributed by atoms with E-state index in [9.17, 15) is 9.59 Å². The lowest BCUT2D eigenvalue weighted by Gasteiger charge is -2.21. The molecule has 0 aliphatic carbocycles.